The molecule has 2 atom stereocenters. The zero-order valence-corrected chi connectivity index (χ0v) is 11.8. The predicted molar refractivity (Wildman–Crippen MR) is 74.5 cm³/mol. The molecule has 0 radical (unpaired) electrons. The molecule has 0 amide bonds. The maximum absolute atomic E-state index is 11.0. The van der Waals surface area contributed by atoms with Gasteiger partial charge in [-0.05, 0) is 37.7 Å². The number of rotatable bonds is 5. The van der Waals surface area contributed by atoms with Crippen LogP contribution < -0.4 is 4.74 Å². The molecule has 21 heavy (non-hydrogen) atoms. The minimum absolute atomic E-state index is 0.140. The summed E-state index contributed by atoms with van der Waals surface area (Å²) in [6.07, 6.45) is 4.76. The quantitative estimate of drug-likeness (QED) is 0.661. The first-order valence-electron chi connectivity index (χ1n) is 7.08. The minimum Gasteiger partial charge on any atom is -0.477 e. The molecule has 1 aromatic heterocycles. The minimum atomic E-state index is -1.23. The maximum atomic E-state index is 11.0. The predicted octanol–water partition coefficient (Wildman–Crippen LogP) is 3.04. The van der Waals surface area contributed by atoms with Crippen molar-refractivity contribution in [1.29, 1.82) is 0 Å². The standard InChI is InChI=1S/C14H18N2O5/c1-2-9-5-3-4-6-12(9)21-13-11(16(19)20)8-7-10(15-13)14(17)18/h7-9,12H,2-6H2,1H3,(H,17,18). The summed E-state index contributed by atoms with van der Waals surface area (Å²) in [5.41, 5.74) is -0.542. The zero-order chi connectivity index (χ0) is 15.4. The molecular formula is C14H18N2O5. The third-order valence-electron chi connectivity index (χ3n) is 3.88. The zero-order valence-electron chi connectivity index (χ0n) is 11.8. The highest BCUT2D eigenvalue weighted by Crippen LogP contribution is 2.33. The third kappa shape index (κ3) is 3.48. The summed E-state index contributed by atoms with van der Waals surface area (Å²) in [6.45, 7) is 2.06. The van der Waals surface area contributed by atoms with Gasteiger partial charge >= 0.3 is 11.7 Å². The van der Waals surface area contributed by atoms with Crippen molar-refractivity contribution in [2.75, 3.05) is 0 Å². The first kappa shape index (κ1) is 15.2. The van der Waals surface area contributed by atoms with Crippen LogP contribution in [0.5, 0.6) is 5.88 Å². The Balaban J connectivity index is 2.29. The number of ether oxygens (including phenoxy) is 1. The van der Waals surface area contributed by atoms with Crippen LogP contribution in [0.4, 0.5) is 5.69 Å². The lowest BCUT2D eigenvalue weighted by Gasteiger charge is -2.30. The average molecular weight is 294 g/mol. The second-order valence-corrected chi connectivity index (χ2v) is 5.19. The summed E-state index contributed by atoms with van der Waals surface area (Å²) in [7, 11) is 0. The Morgan fingerprint density at radius 1 is 1.48 bits per heavy atom. The topological polar surface area (TPSA) is 103 Å². The first-order chi connectivity index (χ1) is 10.0. The van der Waals surface area contributed by atoms with Gasteiger partial charge in [0.25, 0.3) is 5.88 Å². The molecule has 7 nitrogen and oxygen atoms in total. The fraction of sp³-hybridized carbons (Fsp3) is 0.571. The molecule has 1 aromatic rings. The van der Waals surface area contributed by atoms with Crippen LogP contribution in [-0.2, 0) is 0 Å². The van der Waals surface area contributed by atoms with Gasteiger partial charge in [0.05, 0.1) is 4.92 Å². The van der Waals surface area contributed by atoms with E-state index in [0.717, 1.165) is 44.2 Å². The fourth-order valence-electron chi connectivity index (χ4n) is 2.72. The molecule has 1 heterocycles. The van der Waals surface area contributed by atoms with Crippen LogP contribution in [0.15, 0.2) is 12.1 Å². The summed E-state index contributed by atoms with van der Waals surface area (Å²) >= 11 is 0. The van der Waals surface area contributed by atoms with Gasteiger partial charge in [-0.25, -0.2) is 9.78 Å². The second kappa shape index (κ2) is 6.51. The number of pyridine rings is 1. The molecule has 0 bridgehead atoms. The van der Waals surface area contributed by atoms with Crippen molar-refractivity contribution in [2.45, 2.75) is 45.1 Å². The molecule has 1 aliphatic rings. The summed E-state index contributed by atoms with van der Waals surface area (Å²) in [6, 6.07) is 2.25. The van der Waals surface area contributed by atoms with Crippen LogP contribution in [0, 0.1) is 16.0 Å². The van der Waals surface area contributed by atoms with Crippen molar-refractivity contribution < 1.29 is 19.6 Å². The van der Waals surface area contributed by atoms with Gasteiger partial charge < -0.3 is 9.84 Å². The van der Waals surface area contributed by atoms with Crippen LogP contribution in [0.1, 0.15) is 49.5 Å². The van der Waals surface area contributed by atoms with Gasteiger partial charge in [0.1, 0.15) is 6.10 Å². The Morgan fingerprint density at radius 3 is 2.81 bits per heavy atom. The van der Waals surface area contributed by atoms with Gasteiger partial charge in [-0.2, -0.15) is 0 Å². The number of aromatic carboxylic acids is 1. The number of carboxylic acids is 1. The fourth-order valence-corrected chi connectivity index (χ4v) is 2.72. The molecular weight excluding hydrogens is 276 g/mol. The van der Waals surface area contributed by atoms with Crippen molar-refractivity contribution in [2.24, 2.45) is 5.92 Å². The molecule has 0 spiro atoms. The molecule has 0 aliphatic heterocycles. The first-order valence-corrected chi connectivity index (χ1v) is 7.08. The summed E-state index contributed by atoms with van der Waals surface area (Å²) in [5, 5.41) is 20.0. The summed E-state index contributed by atoms with van der Waals surface area (Å²) < 4.78 is 5.73. The van der Waals surface area contributed by atoms with Crippen molar-refractivity contribution in [3.63, 3.8) is 0 Å². The number of nitro groups is 1. The molecule has 2 rings (SSSR count). The van der Waals surface area contributed by atoms with E-state index in [4.69, 9.17) is 9.84 Å². The number of hydrogen-bond acceptors (Lipinski definition) is 5. The van der Waals surface area contributed by atoms with Gasteiger partial charge in [0.15, 0.2) is 5.69 Å². The van der Waals surface area contributed by atoms with E-state index in [1.165, 1.54) is 0 Å². The van der Waals surface area contributed by atoms with Crippen molar-refractivity contribution in [1.82, 2.24) is 4.98 Å². The molecule has 0 aromatic carbocycles. The Kier molecular flexibility index (Phi) is 4.72. The smallest absolute Gasteiger partial charge is 0.354 e. The number of carbonyl (C=O) groups is 1. The van der Waals surface area contributed by atoms with E-state index in [2.05, 4.69) is 11.9 Å². The van der Waals surface area contributed by atoms with Crippen LogP contribution >= 0.6 is 0 Å². The Morgan fingerprint density at radius 2 is 2.19 bits per heavy atom. The van der Waals surface area contributed by atoms with E-state index in [0.29, 0.717) is 5.92 Å². The van der Waals surface area contributed by atoms with Gasteiger partial charge in [-0.3, -0.25) is 10.1 Å². The number of nitrogens with zero attached hydrogens (tertiary/aromatic N) is 2. The molecule has 0 saturated heterocycles. The highest BCUT2D eigenvalue weighted by molar-refractivity contribution is 5.85. The third-order valence-corrected chi connectivity index (χ3v) is 3.88. The molecule has 114 valence electrons. The number of hydrogen-bond donors (Lipinski definition) is 1. The SMILES string of the molecule is CCC1CCCCC1Oc1nc(C(=O)O)ccc1[N+](=O)[O-]. The monoisotopic (exact) mass is 294 g/mol. The van der Waals surface area contributed by atoms with Crippen LogP contribution in [0.25, 0.3) is 0 Å². The van der Waals surface area contributed by atoms with Gasteiger partial charge in [0, 0.05) is 6.07 Å². The lowest BCUT2D eigenvalue weighted by Crippen LogP contribution is -2.30. The Labute approximate surface area is 122 Å². The molecule has 1 aliphatic carbocycles. The number of aromatic nitrogens is 1. The second-order valence-electron chi connectivity index (χ2n) is 5.19. The van der Waals surface area contributed by atoms with Crippen LogP contribution in [0.2, 0.25) is 0 Å². The Hall–Kier alpha value is -2.18. The average Bonchev–Trinajstić information content (AvgIpc) is 2.47. The van der Waals surface area contributed by atoms with Crippen molar-refractivity contribution >= 4 is 11.7 Å². The van der Waals surface area contributed by atoms with Gasteiger partial charge in [-0.1, -0.05) is 13.3 Å². The van der Waals surface area contributed by atoms with E-state index in [9.17, 15) is 14.9 Å². The highest BCUT2D eigenvalue weighted by atomic mass is 16.6. The van der Waals surface area contributed by atoms with E-state index < -0.39 is 10.9 Å². The molecule has 7 heteroatoms. The van der Waals surface area contributed by atoms with E-state index in [1.54, 1.807) is 0 Å². The maximum Gasteiger partial charge on any atom is 0.354 e. The van der Waals surface area contributed by atoms with Gasteiger partial charge in [0.2, 0.25) is 0 Å². The lowest BCUT2D eigenvalue weighted by atomic mass is 9.85. The largest absolute Gasteiger partial charge is 0.477 e. The molecule has 1 N–H and O–H groups in total. The Bertz CT molecular complexity index is 546. The number of carboxylic acid groups (broad SMARTS) is 1. The molecule has 1 fully saturated rings. The van der Waals surface area contributed by atoms with Crippen LogP contribution in [0.3, 0.4) is 0 Å². The summed E-state index contributed by atoms with van der Waals surface area (Å²) in [5.74, 6) is -1.09. The summed E-state index contributed by atoms with van der Waals surface area (Å²) in [4.78, 5) is 25.2. The van der Waals surface area contributed by atoms with E-state index in [-0.39, 0.29) is 23.4 Å². The molecule has 2 unspecified atom stereocenters. The van der Waals surface area contributed by atoms with Crippen molar-refractivity contribution in [3.05, 3.63) is 27.9 Å². The van der Waals surface area contributed by atoms with Crippen molar-refractivity contribution in [3.8, 4) is 5.88 Å². The van der Waals surface area contributed by atoms with Gasteiger partial charge in [-0.15, -0.1) is 0 Å². The van der Waals surface area contributed by atoms with E-state index >= 15 is 0 Å². The molecule has 1 saturated carbocycles. The van der Waals surface area contributed by atoms with E-state index in [1.807, 2.05) is 0 Å². The van der Waals surface area contributed by atoms with Crippen LogP contribution in [-0.4, -0.2) is 27.1 Å². The highest BCUT2D eigenvalue weighted by Gasteiger charge is 2.29. The normalized spacial score (nSPS) is 21.8. The lowest BCUT2D eigenvalue weighted by molar-refractivity contribution is -0.386.